The minimum atomic E-state index is -0.0836. The maximum atomic E-state index is 11.3. The van der Waals surface area contributed by atoms with Crippen LogP contribution in [0.2, 0.25) is 0 Å². The van der Waals surface area contributed by atoms with Crippen molar-refractivity contribution in [2.75, 3.05) is 11.9 Å². The molecule has 0 aromatic heterocycles. The zero-order valence-electron chi connectivity index (χ0n) is 13.3. The summed E-state index contributed by atoms with van der Waals surface area (Å²) in [6.45, 7) is 4.85. The Balaban J connectivity index is 2.13. The molecule has 1 aromatic carbocycles. The second-order valence-electron chi connectivity index (χ2n) is 5.60. The molecular formula is C16H22N4O2S. The van der Waals surface area contributed by atoms with E-state index in [1.165, 1.54) is 0 Å². The summed E-state index contributed by atoms with van der Waals surface area (Å²) < 4.78 is 0. The Hall–Kier alpha value is -2.15. The number of phenolic OH excluding ortho intramolecular Hbond substituents is 1. The molecule has 1 heterocycles. The van der Waals surface area contributed by atoms with Gasteiger partial charge in [0, 0.05) is 24.4 Å². The molecule has 1 amide bonds. The molecule has 0 radical (unpaired) electrons. The molecule has 1 aromatic rings. The van der Waals surface area contributed by atoms with E-state index in [4.69, 9.17) is 12.2 Å². The molecule has 0 saturated heterocycles. The van der Waals surface area contributed by atoms with Gasteiger partial charge in [-0.2, -0.15) is 5.10 Å². The highest BCUT2D eigenvalue weighted by Crippen LogP contribution is 2.27. The number of hydrazone groups is 1. The van der Waals surface area contributed by atoms with Crippen molar-refractivity contribution in [3.63, 3.8) is 0 Å². The number of rotatable bonds is 5. The van der Waals surface area contributed by atoms with Crippen molar-refractivity contribution >= 4 is 34.6 Å². The van der Waals surface area contributed by atoms with Crippen molar-refractivity contribution in [1.29, 1.82) is 0 Å². The summed E-state index contributed by atoms with van der Waals surface area (Å²) in [6, 6.07) is 5.16. The number of anilines is 1. The summed E-state index contributed by atoms with van der Waals surface area (Å²) in [5.41, 5.74) is 4.65. The van der Waals surface area contributed by atoms with E-state index in [1.54, 1.807) is 18.2 Å². The summed E-state index contributed by atoms with van der Waals surface area (Å²) in [4.78, 5) is 11.3. The van der Waals surface area contributed by atoms with E-state index in [1.807, 2.05) is 6.92 Å². The van der Waals surface area contributed by atoms with Crippen LogP contribution in [0.4, 0.5) is 5.69 Å². The van der Waals surface area contributed by atoms with E-state index >= 15 is 0 Å². The van der Waals surface area contributed by atoms with Gasteiger partial charge in [0.05, 0.1) is 11.4 Å². The average Bonchev–Trinajstić information content (AvgIpc) is 2.50. The van der Waals surface area contributed by atoms with Gasteiger partial charge in [-0.15, -0.1) is 0 Å². The number of carbonyl (C=O) groups excluding carboxylic acids is 1. The molecule has 1 atom stereocenters. The summed E-state index contributed by atoms with van der Waals surface area (Å²) in [5.74, 6) is 0.0527. The van der Waals surface area contributed by atoms with Crippen molar-refractivity contribution < 1.29 is 9.90 Å². The predicted molar refractivity (Wildman–Crippen MR) is 95.7 cm³/mol. The fourth-order valence-electron chi connectivity index (χ4n) is 2.34. The van der Waals surface area contributed by atoms with Crippen molar-refractivity contribution in [3.8, 4) is 5.75 Å². The number of hydrogen-bond acceptors (Lipinski definition) is 4. The highest BCUT2D eigenvalue weighted by atomic mass is 32.1. The SMILES string of the molecule is CCCCNC(=S)Nc1cc(C2=NNC(=O)CC2C)ccc1O. The Labute approximate surface area is 141 Å². The number of thiocarbonyl (C=S) groups is 1. The molecule has 1 unspecified atom stereocenters. The molecule has 2 rings (SSSR count). The number of hydrogen-bond donors (Lipinski definition) is 4. The second-order valence-corrected chi connectivity index (χ2v) is 6.01. The third-order valence-corrected chi connectivity index (χ3v) is 3.86. The molecule has 6 nitrogen and oxygen atoms in total. The molecule has 0 fully saturated rings. The van der Waals surface area contributed by atoms with Gasteiger partial charge in [0.15, 0.2) is 5.11 Å². The maximum Gasteiger partial charge on any atom is 0.240 e. The summed E-state index contributed by atoms with van der Waals surface area (Å²) in [5, 5.41) is 20.7. The molecule has 0 saturated carbocycles. The quantitative estimate of drug-likeness (QED) is 0.377. The molecule has 1 aliphatic rings. The zero-order valence-corrected chi connectivity index (χ0v) is 14.2. The highest BCUT2D eigenvalue weighted by Gasteiger charge is 2.22. The van der Waals surface area contributed by atoms with Crippen LogP contribution in [0.15, 0.2) is 23.3 Å². The first-order valence-corrected chi connectivity index (χ1v) is 8.16. The molecule has 7 heteroatoms. The monoisotopic (exact) mass is 334 g/mol. The fraction of sp³-hybridized carbons (Fsp3) is 0.438. The van der Waals surface area contributed by atoms with E-state index in [-0.39, 0.29) is 17.6 Å². The normalized spacial score (nSPS) is 17.2. The third kappa shape index (κ3) is 4.66. The fourth-order valence-corrected chi connectivity index (χ4v) is 2.55. The Bertz CT molecular complexity index is 631. The highest BCUT2D eigenvalue weighted by molar-refractivity contribution is 7.80. The topological polar surface area (TPSA) is 85.8 Å². The van der Waals surface area contributed by atoms with Gasteiger partial charge in [-0.1, -0.05) is 20.3 Å². The lowest BCUT2D eigenvalue weighted by atomic mass is 9.94. The summed E-state index contributed by atoms with van der Waals surface area (Å²) in [7, 11) is 0. The van der Waals surface area contributed by atoms with Crippen LogP contribution in [0.5, 0.6) is 5.75 Å². The number of unbranched alkanes of at least 4 members (excludes halogenated alkanes) is 1. The smallest absolute Gasteiger partial charge is 0.240 e. The molecule has 0 spiro atoms. The number of nitrogens with zero attached hydrogens (tertiary/aromatic N) is 1. The van der Waals surface area contributed by atoms with E-state index in [0.717, 1.165) is 30.7 Å². The zero-order chi connectivity index (χ0) is 16.8. The molecule has 4 N–H and O–H groups in total. The number of aromatic hydroxyl groups is 1. The van der Waals surface area contributed by atoms with E-state index in [0.29, 0.717) is 17.2 Å². The molecule has 0 aliphatic carbocycles. The summed E-state index contributed by atoms with van der Waals surface area (Å²) in [6.07, 6.45) is 2.51. The average molecular weight is 334 g/mol. The van der Waals surface area contributed by atoms with Gasteiger partial charge in [-0.25, -0.2) is 5.43 Å². The molecule has 124 valence electrons. The number of nitrogens with one attached hydrogen (secondary N) is 3. The lowest BCUT2D eigenvalue weighted by Gasteiger charge is -2.20. The van der Waals surface area contributed by atoms with Crippen LogP contribution in [0.3, 0.4) is 0 Å². The van der Waals surface area contributed by atoms with Crippen molar-refractivity contribution in [3.05, 3.63) is 23.8 Å². The van der Waals surface area contributed by atoms with Gasteiger partial charge >= 0.3 is 0 Å². The largest absolute Gasteiger partial charge is 0.506 e. The summed E-state index contributed by atoms with van der Waals surface area (Å²) >= 11 is 5.23. The van der Waals surface area contributed by atoms with Crippen LogP contribution in [0, 0.1) is 5.92 Å². The first-order valence-electron chi connectivity index (χ1n) is 7.76. The van der Waals surface area contributed by atoms with E-state index < -0.39 is 0 Å². The minimum Gasteiger partial charge on any atom is -0.506 e. The van der Waals surface area contributed by atoms with Gasteiger partial charge in [0.2, 0.25) is 5.91 Å². The van der Waals surface area contributed by atoms with Crippen molar-refractivity contribution in [2.24, 2.45) is 11.0 Å². The van der Waals surface area contributed by atoms with E-state index in [2.05, 4.69) is 28.1 Å². The number of phenols is 1. The maximum absolute atomic E-state index is 11.3. The second kappa shape index (κ2) is 7.92. The van der Waals surface area contributed by atoms with Crippen LogP contribution in [-0.4, -0.2) is 28.4 Å². The Kier molecular flexibility index (Phi) is 5.92. The van der Waals surface area contributed by atoms with E-state index in [9.17, 15) is 9.90 Å². The Morgan fingerprint density at radius 2 is 2.30 bits per heavy atom. The number of carbonyl (C=O) groups is 1. The Morgan fingerprint density at radius 3 is 3.00 bits per heavy atom. The number of benzene rings is 1. The molecule has 0 bridgehead atoms. The lowest BCUT2D eigenvalue weighted by Crippen LogP contribution is -2.32. The molecule has 1 aliphatic heterocycles. The molecular weight excluding hydrogens is 312 g/mol. The Morgan fingerprint density at radius 1 is 1.52 bits per heavy atom. The standard InChI is InChI=1S/C16H22N4O2S/c1-3-4-7-17-16(23)18-12-9-11(5-6-13(12)21)15-10(2)8-14(22)19-20-15/h5-6,9-10,21H,3-4,7-8H2,1-2H3,(H,19,22)(H2,17,18,23). The minimum absolute atomic E-state index is 0.0239. The van der Waals surface area contributed by atoms with Gasteiger partial charge in [0.1, 0.15) is 5.75 Å². The molecule has 23 heavy (non-hydrogen) atoms. The van der Waals surface area contributed by atoms with Crippen LogP contribution in [0.25, 0.3) is 0 Å². The van der Waals surface area contributed by atoms with Gasteiger partial charge in [-0.05, 0) is 36.8 Å². The lowest BCUT2D eigenvalue weighted by molar-refractivity contribution is -0.121. The van der Waals surface area contributed by atoms with Crippen LogP contribution >= 0.6 is 12.2 Å². The van der Waals surface area contributed by atoms with Crippen LogP contribution in [0.1, 0.15) is 38.7 Å². The number of amides is 1. The van der Waals surface area contributed by atoms with Crippen molar-refractivity contribution in [1.82, 2.24) is 10.7 Å². The first kappa shape index (κ1) is 17.2. The van der Waals surface area contributed by atoms with Gasteiger partial charge < -0.3 is 15.7 Å². The van der Waals surface area contributed by atoms with Crippen LogP contribution in [-0.2, 0) is 4.79 Å². The van der Waals surface area contributed by atoms with Gasteiger partial charge in [-0.3, -0.25) is 4.79 Å². The van der Waals surface area contributed by atoms with Crippen LogP contribution < -0.4 is 16.1 Å². The first-order chi connectivity index (χ1) is 11.0. The van der Waals surface area contributed by atoms with Gasteiger partial charge in [0.25, 0.3) is 0 Å². The predicted octanol–water partition coefficient (Wildman–Crippen LogP) is 2.34. The van der Waals surface area contributed by atoms with Crippen molar-refractivity contribution in [2.45, 2.75) is 33.1 Å². The third-order valence-electron chi connectivity index (χ3n) is 3.62.